The van der Waals surface area contributed by atoms with E-state index >= 15 is 0 Å². The normalized spacial score (nSPS) is 15.7. The van der Waals surface area contributed by atoms with Crippen molar-refractivity contribution in [1.29, 1.82) is 0 Å². The van der Waals surface area contributed by atoms with E-state index in [1.807, 2.05) is 25.7 Å². The van der Waals surface area contributed by atoms with Gasteiger partial charge in [0.2, 0.25) is 0 Å². The molecule has 84 valence electrons. The van der Waals surface area contributed by atoms with Crippen LogP contribution in [0.1, 0.15) is 27.7 Å². The highest BCUT2D eigenvalue weighted by molar-refractivity contribution is 5.71. The van der Waals surface area contributed by atoms with E-state index in [1.54, 1.807) is 6.92 Å². The number of aliphatic hydroxyl groups is 1. The van der Waals surface area contributed by atoms with Crippen molar-refractivity contribution in [1.82, 2.24) is 4.90 Å². The minimum absolute atomic E-state index is 0.0471. The van der Waals surface area contributed by atoms with Crippen LogP contribution in [0.5, 0.6) is 0 Å². The highest BCUT2D eigenvalue weighted by atomic mass is 16.5. The molecule has 0 aliphatic carbocycles. The highest BCUT2D eigenvalue weighted by Crippen LogP contribution is 2.08. The zero-order chi connectivity index (χ0) is 11.3. The number of hydrogen-bond donors (Lipinski definition) is 1. The van der Waals surface area contributed by atoms with Gasteiger partial charge in [-0.1, -0.05) is 0 Å². The Hall–Kier alpha value is -0.610. The number of carbonyl (C=O) groups is 1. The van der Waals surface area contributed by atoms with Crippen LogP contribution < -0.4 is 0 Å². The van der Waals surface area contributed by atoms with Gasteiger partial charge in [-0.05, 0) is 27.7 Å². The van der Waals surface area contributed by atoms with Gasteiger partial charge in [0.1, 0.15) is 0 Å². The molecule has 0 aromatic rings. The number of rotatable bonds is 5. The number of aliphatic hydroxyl groups excluding tert-OH is 1. The van der Waals surface area contributed by atoms with Crippen LogP contribution in [0.4, 0.5) is 0 Å². The molecule has 0 saturated heterocycles. The molecule has 4 nitrogen and oxygen atoms in total. The lowest BCUT2D eigenvalue weighted by Crippen LogP contribution is -2.47. The molecule has 0 bridgehead atoms. The van der Waals surface area contributed by atoms with E-state index in [1.165, 1.54) is 7.11 Å². The van der Waals surface area contributed by atoms with Crippen molar-refractivity contribution < 1.29 is 14.6 Å². The second-order valence-corrected chi connectivity index (χ2v) is 3.82. The number of ether oxygens (including phenoxy) is 1. The van der Waals surface area contributed by atoms with Gasteiger partial charge in [-0.15, -0.1) is 0 Å². The summed E-state index contributed by atoms with van der Waals surface area (Å²) in [4.78, 5) is 13.0. The smallest absolute Gasteiger partial charge is 0.319 e. The number of carbonyl (C=O) groups excluding carboxylic acids is 1. The number of hydrogen-bond acceptors (Lipinski definition) is 4. The Morgan fingerprint density at radius 3 is 2.14 bits per heavy atom. The van der Waals surface area contributed by atoms with Crippen LogP contribution in [0.2, 0.25) is 0 Å². The van der Waals surface area contributed by atoms with Gasteiger partial charge in [-0.3, -0.25) is 9.69 Å². The van der Waals surface area contributed by atoms with Gasteiger partial charge in [0.25, 0.3) is 0 Å². The third kappa shape index (κ3) is 4.07. The monoisotopic (exact) mass is 203 g/mol. The fraction of sp³-hybridized carbons (Fsp3) is 0.900. The van der Waals surface area contributed by atoms with Crippen molar-refractivity contribution in [2.24, 2.45) is 0 Å². The maximum Gasteiger partial charge on any atom is 0.319 e. The van der Waals surface area contributed by atoms with Gasteiger partial charge in [0.05, 0.1) is 19.8 Å². The Labute approximate surface area is 85.9 Å². The van der Waals surface area contributed by atoms with E-state index in [0.29, 0.717) is 0 Å². The lowest BCUT2D eigenvalue weighted by Gasteiger charge is -2.33. The zero-order valence-electron chi connectivity index (χ0n) is 9.65. The first kappa shape index (κ1) is 13.4. The third-order valence-electron chi connectivity index (χ3n) is 2.42. The maximum atomic E-state index is 11.1. The molecule has 0 aliphatic heterocycles. The van der Waals surface area contributed by atoms with E-state index < -0.39 is 6.10 Å². The molecule has 0 saturated carbocycles. The Morgan fingerprint density at radius 1 is 1.36 bits per heavy atom. The number of methoxy groups -OCH3 is 1. The fourth-order valence-corrected chi connectivity index (χ4v) is 1.29. The molecule has 4 heteroatoms. The summed E-state index contributed by atoms with van der Waals surface area (Å²) in [5.74, 6) is -0.272. The van der Waals surface area contributed by atoms with Crippen molar-refractivity contribution in [3.8, 4) is 0 Å². The molecule has 0 heterocycles. The molecule has 0 aliphatic rings. The van der Waals surface area contributed by atoms with Crippen LogP contribution in [-0.2, 0) is 9.53 Å². The molecule has 2 unspecified atom stereocenters. The molecule has 2 atom stereocenters. The predicted octanol–water partition coefficient (Wildman–Crippen LogP) is 0.639. The lowest BCUT2D eigenvalue weighted by molar-refractivity contribution is -0.143. The van der Waals surface area contributed by atoms with Crippen molar-refractivity contribution in [2.75, 3.05) is 13.7 Å². The summed E-state index contributed by atoms with van der Waals surface area (Å²) in [6, 6.07) is 0.160. The molecule has 0 aromatic heterocycles. The van der Waals surface area contributed by atoms with Crippen LogP contribution in [0, 0.1) is 0 Å². The average Bonchev–Trinajstić information content (AvgIpc) is 2.11. The first-order chi connectivity index (χ1) is 6.40. The van der Waals surface area contributed by atoms with Crippen LogP contribution in [-0.4, -0.2) is 47.8 Å². The minimum Gasteiger partial charge on any atom is -0.468 e. The molecule has 14 heavy (non-hydrogen) atoms. The maximum absolute atomic E-state index is 11.1. The molecule has 0 radical (unpaired) electrons. The SMILES string of the molecule is COC(=O)CN(C(C)C)C(C)C(C)O. The summed E-state index contributed by atoms with van der Waals surface area (Å²) in [6.07, 6.45) is -0.456. The average molecular weight is 203 g/mol. The second kappa shape index (κ2) is 5.98. The molecule has 1 N–H and O–H groups in total. The van der Waals surface area contributed by atoms with Crippen molar-refractivity contribution in [3.05, 3.63) is 0 Å². The summed E-state index contributed by atoms with van der Waals surface area (Å²) >= 11 is 0. The number of esters is 1. The van der Waals surface area contributed by atoms with Crippen LogP contribution in [0.15, 0.2) is 0 Å². The van der Waals surface area contributed by atoms with Crippen LogP contribution in [0.25, 0.3) is 0 Å². The topological polar surface area (TPSA) is 49.8 Å². The molecule has 0 amide bonds. The second-order valence-electron chi connectivity index (χ2n) is 3.82. The summed E-state index contributed by atoms with van der Waals surface area (Å²) in [7, 11) is 1.37. The molecule has 0 fully saturated rings. The van der Waals surface area contributed by atoms with Crippen molar-refractivity contribution in [3.63, 3.8) is 0 Å². The summed E-state index contributed by atoms with van der Waals surface area (Å²) in [6.45, 7) is 7.81. The molecule has 0 spiro atoms. The first-order valence-electron chi connectivity index (χ1n) is 4.90. The van der Waals surface area contributed by atoms with Gasteiger partial charge < -0.3 is 9.84 Å². The lowest BCUT2D eigenvalue weighted by atomic mass is 10.1. The summed E-state index contributed by atoms with van der Waals surface area (Å²) in [5.41, 5.74) is 0. The largest absolute Gasteiger partial charge is 0.468 e. The van der Waals surface area contributed by atoms with Crippen LogP contribution >= 0.6 is 0 Å². The Bertz CT molecular complexity index is 180. The fourth-order valence-electron chi connectivity index (χ4n) is 1.29. The van der Waals surface area contributed by atoms with E-state index in [0.717, 1.165) is 0 Å². The van der Waals surface area contributed by atoms with E-state index in [2.05, 4.69) is 4.74 Å². The van der Waals surface area contributed by atoms with Gasteiger partial charge >= 0.3 is 5.97 Å². The molecular formula is C10H21NO3. The molecule has 0 rings (SSSR count). The quantitative estimate of drug-likeness (QED) is 0.666. The third-order valence-corrected chi connectivity index (χ3v) is 2.42. The van der Waals surface area contributed by atoms with Crippen molar-refractivity contribution in [2.45, 2.75) is 45.9 Å². The summed E-state index contributed by atoms with van der Waals surface area (Å²) < 4.78 is 4.60. The molecular weight excluding hydrogens is 182 g/mol. The van der Waals surface area contributed by atoms with Gasteiger partial charge in [0.15, 0.2) is 0 Å². The van der Waals surface area contributed by atoms with E-state index in [-0.39, 0.29) is 24.6 Å². The predicted molar refractivity (Wildman–Crippen MR) is 55.0 cm³/mol. The first-order valence-corrected chi connectivity index (χ1v) is 4.90. The summed E-state index contributed by atoms with van der Waals surface area (Å²) in [5, 5.41) is 9.43. The molecule has 0 aromatic carbocycles. The van der Waals surface area contributed by atoms with Gasteiger partial charge in [-0.25, -0.2) is 0 Å². The Morgan fingerprint density at radius 2 is 1.86 bits per heavy atom. The standard InChI is InChI=1S/C10H21NO3/c1-7(2)11(6-10(13)14-5)8(3)9(4)12/h7-9,12H,6H2,1-5H3. The zero-order valence-corrected chi connectivity index (χ0v) is 9.65. The van der Waals surface area contributed by atoms with E-state index in [4.69, 9.17) is 0 Å². The van der Waals surface area contributed by atoms with Crippen LogP contribution in [0.3, 0.4) is 0 Å². The Balaban J connectivity index is 4.36. The minimum atomic E-state index is -0.456. The van der Waals surface area contributed by atoms with E-state index in [9.17, 15) is 9.90 Å². The highest BCUT2D eigenvalue weighted by Gasteiger charge is 2.23. The van der Waals surface area contributed by atoms with Gasteiger partial charge in [0, 0.05) is 12.1 Å². The van der Waals surface area contributed by atoms with Gasteiger partial charge in [-0.2, -0.15) is 0 Å². The van der Waals surface area contributed by atoms with Crippen molar-refractivity contribution >= 4 is 5.97 Å². The Kier molecular flexibility index (Phi) is 5.72. The number of nitrogens with zero attached hydrogens (tertiary/aromatic N) is 1.